The maximum Gasteiger partial charge on any atom is 0.410 e. The number of fused-ring (bicyclic) bond motifs is 1. The molecule has 1 heterocycles. The predicted octanol–water partition coefficient (Wildman–Crippen LogP) is 4.27. The summed E-state index contributed by atoms with van der Waals surface area (Å²) in [7, 11) is 0. The standard InChI is InChI=1S/C19H25NO2/c1-14-16-8-6-5-7-15(16)13-19(14)9-11-20(12-10-19)17(21)22-18(2,3)4/h5-8H,1,9-13H2,2-4H3. The van der Waals surface area contributed by atoms with Gasteiger partial charge in [0.15, 0.2) is 0 Å². The Bertz CT molecular complexity index is 604. The van der Waals surface area contributed by atoms with Crippen molar-refractivity contribution >= 4 is 11.7 Å². The van der Waals surface area contributed by atoms with E-state index in [0.717, 1.165) is 32.4 Å². The molecule has 1 aliphatic carbocycles. The molecule has 1 aliphatic heterocycles. The number of carbonyl (C=O) groups excluding carboxylic acids is 1. The van der Waals surface area contributed by atoms with Crippen molar-refractivity contribution in [3.05, 3.63) is 42.0 Å². The first-order chi connectivity index (χ1) is 10.3. The van der Waals surface area contributed by atoms with Gasteiger partial charge >= 0.3 is 6.09 Å². The van der Waals surface area contributed by atoms with Crippen molar-refractivity contribution < 1.29 is 9.53 Å². The molecule has 0 saturated carbocycles. The van der Waals surface area contributed by atoms with Crippen molar-refractivity contribution in [1.29, 1.82) is 0 Å². The van der Waals surface area contributed by atoms with Gasteiger partial charge in [-0.3, -0.25) is 0 Å². The predicted molar refractivity (Wildman–Crippen MR) is 88.7 cm³/mol. The van der Waals surface area contributed by atoms with Crippen LogP contribution in [0.15, 0.2) is 30.8 Å². The Morgan fingerprint density at radius 2 is 1.86 bits per heavy atom. The molecule has 1 aromatic carbocycles. The SMILES string of the molecule is C=C1c2ccccc2CC12CCN(C(=O)OC(C)(C)C)CC2. The summed E-state index contributed by atoms with van der Waals surface area (Å²) in [6.07, 6.45) is 2.81. The second-order valence-electron chi connectivity index (χ2n) is 7.56. The van der Waals surface area contributed by atoms with Crippen molar-refractivity contribution in [1.82, 2.24) is 4.90 Å². The average molecular weight is 299 g/mol. The molecular formula is C19H25NO2. The molecule has 1 aromatic rings. The van der Waals surface area contributed by atoms with Crippen molar-refractivity contribution in [3.63, 3.8) is 0 Å². The Labute approximate surface area is 133 Å². The number of amides is 1. The number of carbonyl (C=O) groups is 1. The van der Waals surface area contributed by atoms with Gasteiger partial charge in [0, 0.05) is 18.5 Å². The highest BCUT2D eigenvalue weighted by molar-refractivity contribution is 5.76. The first-order valence-electron chi connectivity index (χ1n) is 8.06. The summed E-state index contributed by atoms with van der Waals surface area (Å²) in [6.45, 7) is 11.6. The van der Waals surface area contributed by atoms with Gasteiger partial charge in [-0.2, -0.15) is 0 Å². The number of hydrogen-bond donors (Lipinski definition) is 0. The lowest BCUT2D eigenvalue weighted by atomic mass is 9.73. The smallest absolute Gasteiger partial charge is 0.410 e. The highest BCUT2D eigenvalue weighted by atomic mass is 16.6. The summed E-state index contributed by atoms with van der Waals surface area (Å²) >= 11 is 0. The molecule has 1 saturated heterocycles. The molecule has 22 heavy (non-hydrogen) atoms. The zero-order chi connectivity index (χ0) is 16.0. The maximum absolute atomic E-state index is 12.2. The summed E-state index contributed by atoms with van der Waals surface area (Å²) in [5, 5.41) is 0. The number of ether oxygens (including phenoxy) is 1. The molecule has 118 valence electrons. The Hall–Kier alpha value is -1.77. The third kappa shape index (κ3) is 2.65. The number of rotatable bonds is 0. The van der Waals surface area contributed by atoms with Gasteiger partial charge in [0.1, 0.15) is 5.60 Å². The van der Waals surface area contributed by atoms with Crippen LogP contribution >= 0.6 is 0 Å². The minimum Gasteiger partial charge on any atom is -0.444 e. The lowest BCUT2D eigenvalue weighted by Gasteiger charge is -2.40. The summed E-state index contributed by atoms with van der Waals surface area (Å²) in [6, 6.07) is 8.56. The van der Waals surface area contributed by atoms with Gasteiger partial charge in [0.05, 0.1) is 0 Å². The van der Waals surface area contributed by atoms with E-state index in [2.05, 4.69) is 30.8 Å². The van der Waals surface area contributed by atoms with E-state index in [1.807, 2.05) is 25.7 Å². The van der Waals surface area contributed by atoms with Gasteiger partial charge in [-0.05, 0) is 56.7 Å². The van der Waals surface area contributed by atoms with E-state index in [9.17, 15) is 4.79 Å². The lowest BCUT2D eigenvalue weighted by Crippen LogP contribution is -2.45. The fourth-order valence-electron chi connectivity index (χ4n) is 3.65. The summed E-state index contributed by atoms with van der Waals surface area (Å²) in [4.78, 5) is 14.0. The van der Waals surface area contributed by atoms with Crippen LogP contribution in [0.4, 0.5) is 4.79 Å². The minimum absolute atomic E-state index is 0.141. The molecular weight excluding hydrogens is 274 g/mol. The summed E-state index contributed by atoms with van der Waals surface area (Å²) in [5.74, 6) is 0. The third-order valence-corrected chi connectivity index (χ3v) is 4.88. The van der Waals surface area contributed by atoms with Crippen LogP contribution in [0.2, 0.25) is 0 Å². The van der Waals surface area contributed by atoms with E-state index in [4.69, 9.17) is 4.74 Å². The first-order valence-corrected chi connectivity index (χ1v) is 8.06. The number of likely N-dealkylation sites (tertiary alicyclic amines) is 1. The summed E-state index contributed by atoms with van der Waals surface area (Å²) < 4.78 is 5.48. The molecule has 0 radical (unpaired) electrons. The number of hydrogen-bond acceptors (Lipinski definition) is 2. The Kier molecular flexibility index (Phi) is 3.54. The largest absolute Gasteiger partial charge is 0.444 e. The second-order valence-corrected chi connectivity index (χ2v) is 7.56. The van der Waals surface area contributed by atoms with Crippen LogP contribution in [0.5, 0.6) is 0 Å². The first kappa shape index (κ1) is 15.1. The molecule has 1 spiro atoms. The average Bonchev–Trinajstić information content (AvgIpc) is 2.71. The fourth-order valence-corrected chi connectivity index (χ4v) is 3.65. The highest BCUT2D eigenvalue weighted by Crippen LogP contribution is 2.51. The van der Waals surface area contributed by atoms with Gasteiger partial charge in [0.2, 0.25) is 0 Å². The van der Waals surface area contributed by atoms with Crippen molar-refractivity contribution in [3.8, 4) is 0 Å². The van der Waals surface area contributed by atoms with Crippen LogP contribution in [0.25, 0.3) is 5.57 Å². The Balaban J connectivity index is 1.68. The molecule has 0 N–H and O–H groups in total. The highest BCUT2D eigenvalue weighted by Gasteiger charge is 2.43. The number of allylic oxidation sites excluding steroid dienone is 1. The van der Waals surface area contributed by atoms with E-state index in [0.29, 0.717) is 0 Å². The Morgan fingerprint density at radius 3 is 2.45 bits per heavy atom. The quantitative estimate of drug-likeness (QED) is 0.716. The normalized spacial score (nSPS) is 20.1. The minimum atomic E-state index is -0.431. The van der Waals surface area contributed by atoms with Crippen molar-refractivity contribution in [2.75, 3.05) is 13.1 Å². The second kappa shape index (κ2) is 5.15. The lowest BCUT2D eigenvalue weighted by molar-refractivity contribution is 0.0154. The maximum atomic E-state index is 12.2. The van der Waals surface area contributed by atoms with Crippen LogP contribution in [-0.2, 0) is 11.2 Å². The molecule has 3 heteroatoms. The molecule has 0 unspecified atom stereocenters. The van der Waals surface area contributed by atoms with Gasteiger partial charge in [-0.15, -0.1) is 0 Å². The molecule has 0 bridgehead atoms. The van der Waals surface area contributed by atoms with Gasteiger partial charge in [0.25, 0.3) is 0 Å². The monoisotopic (exact) mass is 299 g/mol. The fraction of sp³-hybridized carbons (Fsp3) is 0.526. The molecule has 2 aliphatic rings. The summed E-state index contributed by atoms with van der Waals surface area (Å²) in [5.41, 5.74) is 3.68. The zero-order valence-corrected chi connectivity index (χ0v) is 13.8. The number of piperidine rings is 1. The van der Waals surface area contributed by atoms with Crippen LogP contribution in [0.1, 0.15) is 44.7 Å². The van der Waals surface area contributed by atoms with E-state index >= 15 is 0 Å². The van der Waals surface area contributed by atoms with E-state index in [-0.39, 0.29) is 11.5 Å². The van der Waals surface area contributed by atoms with E-state index < -0.39 is 5.60 Å². The molecule has 0 aromatic heterocycles. The van der Waals surface area contributed by atoms with E-state index in [1.54, 1.807) is 0 Å². The molecule has 3 rings (SSSR count). The van der Waals surface area contributed by atoms with Gasteiger partial charge in [-0.1, -0.05) is 30.8 Å². The van der Waals surface area contributed by atoms with Crippen LogP contribution < -0.4 is 0 Å². The van der Waals surface area contributed by atoms with Crippen LogP contribution in [-0.4, -0.2) is 29.7 Å². The number of nitrogens with zero attached hydrogens (tertiary/aromatic N) is 1. The van der Waals surface area contributed by atoms with Crippen molar-refractivity contribution in [2.24, 2.45) is 5.41 Å². The van der Waals surface area contributed by atoms with Crippen LogP contribution in [0.3, 0.4) is 0 Å². The van der Waals surface area contributed by atoms with Gasteiger partial charge in [-0.25, -0.2) is 4.79 Å². The molecule has 0 atom stereocenters. The molecule has 3 nitrogen and oxygen atoms in total. The molecule has 1 fully saturated rings. The van der Waals surface area contributed by atoms with Gasteiger partial charge < -0.3 is 9.64 Å². The van der Waals surface area contributed by atoms with Crippen LogP contribution in [0, 0.1) is 5.41 Å². The number of benzene rings is 1. The third-order valence-electron chi connectivity index (χ3n) is 4.88. The zero-order valence-electron chi connectivity index (χ0n) is 13.8. The topological polar surface area (TPSA) is 29.5 Å². The van der Waals surface area contributed by atoms with Crippen molar-refractivity contribution in [2.45, 2.75) is 45.6 Å². The molecule has 1 amide bonds. The van der Waals surface area contributed by atoms with E-state index in [1.165, 1.54) is 16.7 Å². The Morgan fingerprint density at radius 1 is 1.23 bits per heavy atom.